The van der Waals surface area contributed by atoms with E-state index < -0.39 is 0 Å². The van der Waals surface area contributed by atoms with Crippen molar-refractivity contribution in [3.63, 3.8) is 0 Å². The van der Waals surface area contributed by atoms with Crippen molar-refractivity contribution in [2.24, 2.45) is 5.92 Å². The first-order valence-corrected chi connectivity index (χ1v) is 6.71. The number of nitrogens with zero attached hydrogens (tertiary/aromatic N) is 1. The Hall–Kier alpha value is -1.73. The van der Waals surface area contributed by atoms with Gasteiger partial charge in [0.25, 0.3) is 0 Å². The highest BCUT2D eigenvalue weighted by atomic mass is 16.5. The van der Waals surface area contributed by atoms with E-state index in [1.807, 2.05) is 13.0 Å². The fourth-order valence-electron chi connectivity index (χ4n) is 2.09. The van der Waals surface area contributed by atoms with E-state index in [0.29, 0.717) is 36.2 Å². The molecule has 1 aromatic carbocycles. The molecule has 1 heterocycles. The van der Waals surface area contributed by atoms with Crippen LogP contribution < -0.4 is 9.47 Å². The number of benzene rings is 1. The fraction of sp³-hybridized carbons (Fsp3) is 0.533. The van der Waals surface area contributed by atoms with Crippen LogP contribution in [0.4, 0.5) is 0 Å². The predicted octanol–water partition coefficient (Wildman–Crippen LogP) is 2.76. The van der Waals surface area contributed by atoms with Gasteiger partial charge < -0.3 is 14.2 Å². The Morgan fingerprint density at radius 1 is 1.26 bits per heavy atom. The Morgan fingerprint density at radius 2 is 2.05 bits per heavy atom. The third-order valence-corrected chi connectivity index (χ3v) is 3.19. The minimum atomic E-state index is 0.541. The Morgan fingerprint density at radius 3 is 2.74 bits per heavy atom. The zero-order valence-electron chi connectivity index (χ0n) is 11.2. The van der Waals surface area contributed by atoms with Gasteiger partial charge in [0.1, 0.15) is 0 Å². The molecule has 0 unspecified atom stereocenters. The zero-order valence-corrected chi connectivity index (χ0v) is 11.2. The molecule has 0 atom stereocenters. The summed E-state index contributed by atoms with van der Waals surface area (Å²) < 4.78 is 16.7. The Bertz CT molecular complexity index is 447. The summed E-state index contributed by atoms with van der Waals surface area (Å²) in [5.74, 6) is 1.90. The molecule has 1 fully saturated rings. The molecular formula is C15H19NO3. The standard InChI is InChI=1S/C15H19NO3/c1-2-18-15-9-13(10-16)3-4-14(15)19-11-12-5-7-17-8-6-12/h3-4,9,12H,2,5-8,11H2,1H3. The molecule has 2 rings (SSSR count). The Balaban J connectivity index is 2.00. The lowest BCUT2D eigenvalue weighted by molar-refractivity contribution is 0.0492. The minimum absolute atomic E-state index is 0.541. The van der Waals surface area contributed by atoms with Crippen molar-refractivity contribution in [3.8, 4) is 17.6 Å². The van der Waals surface area contributed by atoms with Crippen LogP contribution in [0.3, 0.4) is 0 Å². The predicted molar refractivity (Wildman–Crippen MR) is 71.4 cm³/mol. The molecule has 0 amide bonds. The average Bonchev–Trinajstić information content (AvgIpc) is 2.47. The van der Waals surface area contributed by atoms with Crippen LogP contribution in [0.5, 0.6) is 11.5 Å². The first kappa shape index (κ1) is 13.7. The molecule has 1 aliphatic rings. The maximum Gasteiger partial charge on any atom is 0.162 e. The van der Waals surface area contributed by atoms with Gasteiger partial charge in [0.2, 0.25) is 0 Å². The van der Waals surface area contributed by atoms with Gasteiger partial charge in [-0.3, -0.25) is 0 Å². The molecule has 19 heavy (non-hydrogen) atoms. The third kappa shape index (κ3) is 3.87. The minimum Gasteiger partial charge on any atom is -0.490 e. The van der Waals surface area contributed by atoms with Gasteiger partial charge in [-0.1, -0.05) is 0 Å². The molecule has 0 aliphatic carbocycles. The van der Waals surface area contributed by atoms with Gasteiger partial charge in [-0.15, -0.1) is 0 Å². The molecule has 4 nitrogen and oxygen atoms in total. The normalized spacial score (nSPS) is 15.8. The van der Waals surface area contributed by atoms with Gasteiger partial charge in [0.15, 0.2) is 11.5 Å². The number of ether oxygens (including phenoxy) is 3. The van der Waals surface area contributed by atoms with Crippen LogP contribution in [0.15, 0.2) is 18.2 Å². The highest BCUT2D eigenvalue weighted by molar-refractivity contribution is 5.46. The van der Waals surface area contributed by atoms with E-state index in [-0.39, 0.29) is 0 Å². The smallest absolute Gasteiger partial charge is 0.162 e. The number of rotatable bonds is 5. The Labute approximate surface area is 113 Å². The van der Waals surface area contributed by atoms with E-state index >= 15 is 0 Å². The van der Waals surface area contributed by atoms with E-state index in [9.17, 15) is 0 Å². The number of hydrogen-bond acceptors (Lipinski definition) is 4. The molecule has 0 radical (unpaired) electrons. The molecule has 0 bridgehead atoms. The summed E-state index contributed by atoms with van der Waals surface area (Å²) in [4.78, 5) is 0. The highest BCUT2D eigenvalue weighted by Crippen LogP contribution is 2.29. The van der Waals surface area contributed by atoms with E-state index in [2.05, 4.69) is 6.07 Å². The van der Waals surface area contributed by atoms with E-state index in [1.165, 1.54) is 0 Å². The summed E-state index contributed by atoms with van der Waals surface area (Å²) in [5.41, 5.74) is 0.585. The summed E-state index contributed by atoms with van der Waals surface area (Å²) in [6, 6.07) is 7.39. The highest BCUT2D eigenvalue weighted by Gasteiger charge is 2.15. The number of hydrogen-bond donors (Lipinski definition) is 0. The molecule has 1 aliphatic heterocycles. The second-order valence-corrected chi connectivity index (χ2v) is 4.57. The van der Waals surface area contributed by atoms with Crippen molar-refractivity contribution in [1.29, 1.82) is 5.26 Å². The van der Waals surface area contributed by atoms with Gasteiger partial charge in [0.05, 0.1) is 24.8 Å². The van der Waals surface area contributed by atoms with Crippen LogP contribution in [-0.2, 0) is 4.74 Å². The average molecular weight is 261 g/mol. The van der Waals surface area contributed by atoms with E-state index in [0.717, 1.165) is 26.1 Å². The topological polar surface area (TPSA) is 51.5 Å². The molecule has 1 aromatic rings. The van der Waals surface area contributed by atoms with Crippen LogP contribution in [0.2, 0.25) is 0 Å². The van der Waals surface area contributed by atoms with Crippen molar-refractivity contribution in [3.05, 3.63) is 23.8 Å². The summed E-state index contributed by atoms with van der Waals surface area (Å²) in [5, 5.41) is 8.89. The van der Waals surface area contributed by atoms with Crippen molar-refractivity contribution < 1.29 is 14.2 Å². The molecule has 102 valence electrons. The maximum atomic E-state index is 8.89. The fourth-order valence-corrected chi connectivity index (χ4v) is 2.09. The Kier molecular flexibility index (Phi) is 5.05. The zero-order chi connectivity index (χ0) is 13.5. The number of nitriles is 1. The molecule has 0 aromatic heterocycles. The van der Waals surface area contributed by atoms with Crippen molar-refractivity contribution in [2.45, 2.75) is 19.8 Å². The second-order valence-electron chi connectivity index (χ2n) is 4.57. The van der Waals surface area contributed by atoms with Gasteiger partial charge in [0, 0.05) is 19.3 Å². The van der Waals surface area contributed by atoms with Crippen molar-refractivity contribution in [2.75, 3.05) is 26.4 Å². The van der Waals surface area contributed by atoms with Crippen molar-refractivity contribution in [1.82, 2.24) is 0 Å². The van der Waals surface area contributed by atoms with Crippen LogP contribution in [-0.4, -0.2) is 26.4 Å². The lowest BCUT2D eigenvalue weighted by Crippen LogP contribution is -2.21. The summed E-state index contributed by atoms with van der Waals surface area (Å²) >= 11 is 0. The third-order valence-electron chi connectivity index (χ3n) is 3.19. The van der Waals surface area contributed by atoms with Gasteiger partial charge in [-0.05, 0) is 37.8 Å². The van der Waals surface area contributed by atoms with Gasteiger partial charge in [-0.2, -0.15) is 5.26 Å². The lowest BCUT2D eigenvalue weighted by Gasteiger charge is -2.22. The first-order chi connectivity index (χ1) is 9.33. The van der Waals surface area contributed by atoms with Crippen molar-refractivity contribution >= 4 is 0 Å². The first-order valence-electron chi connectivity index (χ1n) is 6.71. The summed E-state index contributed by atoms with van der Waals surface area (Å²) in [6.07, 6.45) is 2.08. The molecule has 1 saturated heterocycles. The van der Waals surface area contributed by atoms with Gasteiger partial charge in [-0.25, -0.2) is 0 Å². The molecule has 0 saturated carbocycles. The largest absolute Gasteiger partial charge is 0.490 e. The monoisotopic (exact) mass is 261 g/mol. The van der Waals surface area contributed by atoms with Crippen LogP contribution in [0.25, 0.3) is 0 Å². The molecular weight excluding hydrogens is 242 g/mol. The van der Waals surface area contributed by atoms with Gasteiger partial charge >= 0.3 is 0 Å². The second kappa shape index (κ2) is 7.01. The SMILES string of the molecule is CCOc1cc(C#N)ccc1OCC1CCOCC1. The maximum absolute atomic E-state index is 8.89. The molecule has 0 N–H and O–H groups in total. The quantitative estimate of drug-likeness (QED) is 0.817. The van der Waals surface area contributed by atoms with Crippen LogP contribution >= 0.6 is 0 Å². The van der Waals surface area contributed by atoms with E-state index in [4.69, 9.17) is 19.5 Å². The van der Waals surface area contributed by atoms with Crippen LogP contribution in [0.1, 0.15) is 25.3 Å². The summed E-state index contributed by atoms with van der Waals surface area (Å²) in [7, 11) is 0. The molecule has 0 spiro atoms. The molecule has 4 heteroatoms. The van der Waals surface area contributed by atoms with Crippen LogP contribution in [0, 0.1) is 17.2 Å². The summed E-state index contributed by atoms with van der Waals surface area (Å²) in [6.45, 7) is 4.79. The van der Waals surface area contributed by atoms with E-state index in [1.54, 1.807) is 12.1 Å². The lowest BCUT2D eigenvalue weighted by atomic mass is 10.0.